The van der Waals surface area contributed by atoms with Gasteiger partial charge in [-0.25, -0.2) is 0 Å². The van der Waals surface area contributed by atoms with Crippen LogP contribution >= 0.6 is 0 Å². The van der Waals surface area contributed by atoms with Crippen LogP contribution in [0.1, 0.15) is 81.1 Å². The molecule has 1 unspecified atom stereocenters. The van der Waals surface area contributed by atoms with Crippen molar-refractivity contribution in [3.05, 3.63) is 28.3 Å². The van der Waals surface area contributed by atoms with E-state index in [2.05, 4.69) is 10.1 Å². The van der Waals surface area contributed by atoms with Gasteiger partial charge >= 0.3 is 0 Å². The topological polar surface area (TPSA) is 113 Å². The van der Waals surface area contributed by atoms with Crippen molar-refractivity contribution >= 4 is 17.3 Å². The van der Waals surface area contributed by atoms with E-state index in [0.29, 0.717) is 67.7 Å². The summed E-state index contributed by atoms with van der Waals surface area (Å²) in [6.07, 6.45) is 3.93. The minimum absolute atomic E-state index is 0.0179. The van der Waals surface area contributed by atoms with E-state index in [-0.39, 0.29) is 47.4 Å². The highest BCUT2D eigenvalue weighted by Crippen LogP contribution is 2.36. The lowest BCUT2D eigenvalue weighted by Gasteiger charge is -2.26. The molecule has 1 aromatic heterocycles. The number of aryl methyl sites for hydroxylation is 1. The van der Waals surface area contributed by atoms with Crippen LogP contribution < -0.4 is 0 Å². The third-order valence-corrected chi connectivity index (χ3v) is 5.68. The minimum atomic E-state index is -0.276. The maximum absolute atomic E-state index is 12.5. The number of aliphatic imine (C=N–C) groups is 1. The second-order valence-corrected chi connectivity index (χ2v) is 8.79. The van der Waals surface area contributed by atoms with Crippen LogP contribution in [0, 0.1) is 5.41 Å². The van der Waals surface area contributed by atoms with Crippen LogP contribution in [0.3, 0.4) is 0 Å². The summed E-state index contributed by atoms with van der Waals surface area (Å²) in [7, 11) is 0. The summed E-state index contributed by atoms with van der Waals surface area (Å²) in [6, 6.07) is -0.276. The number of aliphatic hydroxyl groups is 2. The minimum Gasteiger partial charge on any atom is -0.511 e. The molecule has 0 aliphatic heterocycles. The van der Waals surface area contributed by atoms with Crippen molar-refractivity contribution in [2.24, 2.45) is 10.4 Å². The van der Waals surface area contributed by atoms with Crippen molar-refractivity contribution in [1.82, 2.24) is 5.16 Å². The summed E-state index contributed by atoms with van der Waals surface area (Å²) in [5, 5.41) is 24.2. The molecule has 1 fully saturated rings. The Labute approximate surface area is 170 Å². The standard InChI is InChI=1S/C22H30N2O5/c1-4-13(12-25)23-14-6-5-7-16(26)20(14)17(27)9-8-15-21-18(28)10-22(2,3)11-19(21)29-24-15/h13,25,27H,4-12H2,1-3H3/b20-17-,23-14?. The lowest BCUT2D eigenvalue weighted by atomic mass is 9.76. The number of fused-ring (bicyclic) bond motifs is 1. The molecule has 3 rings (SSSR count). The zero-order valence-corrected chi connectivity index (χ0v) is 17.5. The van der Waals surface area contributed by atoms with Crippen LogP contribution in [0.2, 0.25) is 0 Å². The van der Waals surface area contributed by atoms with E-state index >= 15 is 0 Å². The van der Waals surface area contributed by atoms with Gasteiger partial charge in [0.25, 0.3) is 0 Å². The number of aliphatic hydroxyl groups excluding tert-OH is 2. The molecule has 0 spiro atoms. The summed E-state index contributed by atoms with van der Waals surface area (Å²) in [4.78, 5) is 29.5. The summed E-state index contributed by atoms with van der Waals surface area (Å²) in [5.74, 6) is 0.476. The quantitative estimate of drug-likeness (QED) is 0.556. The molecule has 158 valence electrons. The second kappa shape index (κ2) is 8.61. The summed E-state index contributed by atoms with van der Waals surface area (Å²) < 4.78 is 5.41. The number of Topliss-reactive ketones (excluding diaryl/α,β-unsaturated/α-hetero) is 2. The van der Waals surface area contributed by atoms with Gasteiger partial charge < -0.3 is 14.7 Å². The first-order chi connectivity index (χ1) is 13.8. The van der Waals surface area contributed by atoms with Gasteiger partial charge in [-0.2, -0.15) is 0 Å². The molecule has 2 aliphatic rings. The Bertz CT molecular complexity index is 859. The van der Waals surface area contributed by atoms with Crippen LogP contribution in [0.5, 0.6) is 0 Å². The zero-order chi connectivity index (χ0) is 21.2. The maximum Gasteiger partial charge on any atom is 0.168 e. The van der Waals surface area contributed by atoms with Gasteiger partial charge in [-0.1, -0.05) is 25.9 Å². The molecule has 1 atom stereocenters. The van der Waals surface area contributed by atoms with E-state index in [1.807, 2.05) is 20.8 Å². The molecule has 2 N–H and O–H groups in total. The van der Waals surface area contributed by atoms with Crippen molar-refractivity contribution in [2.45, 2.75) is 78.2 Å². The number of nitrogens with zero attached hydrogens (tertiary/aromatic N) is 2. The van der Waals surface area contributed by atoms with Crippen LogP contribution in [0.25, 0.3) is 0 Å². The molecule has 7 nitrogen and oxygen atoms in total. The van der Waals surface area contributed by atoms with Gasteiger partial charge in [0.1, 0.15) is 11.5 Å². The van der Waals surface area contributed by atoms with Gasteiger partial charge in [0.15, 0.2) is 11.6 Å². The predicted molar refractivity (Wildman–Crippen MR) is 108 cm³/mol. The van der Waals surface area contributed by atoms with E-state index in [4.69, 9.17) is 4.52 Å². The molecule has 7 heteroatoms. The molecule has 1 heterocycles. The lowest BCUT2D eigenvalue weighted by Crippen LogP contribution is -2.26. The first kappa shape index (κ1) is 21.4. The molecular weight excluding hydrogens is 372 g/mol. The molecule has 2 aliphatic carbocycles. The van der Waals surface area contributed by atoms with Crippen molar-refractivity contribution in [1.29, 1.82) is 0 Å². The maximum atomic E-state index is 12.5. The van der Waals surface area contributed by atoms with E-state index in [9.17, 15) is 19.8 Å². The SMILES string of the molecule is CCC(CO)N=C1CCCC(=O)/C1=C(\O)CCc1noc2c1C(=O)CC(C)(C)C2. The molecular formula is C22H30N2O5. The Morgan fingerprint density at radius 2 is 2.00 bits per heavy atom. The average Bonchev–Trinajstić information content (AvgIpc) is 3.06. The Balaban J connectivity index is 1.82. The number of allylic oxidation sites excluding steroid dienone is 2. The fraction of sp³-hybridized carbons (Fsp3) is 0.636. The van der Waals surface area contributed by atoms with Gasteiger partial charge in [-0.3, -0.25) is 14.6 Å². The van der Waals surface area contributed by atoms with Gasteiger partial charge in [0, 0.05) is 37.8 Å². The number of hydrogen-bond acceptors (Lipinski definition) is 7. The Kier molecular flexibility index (Phi) is 6.36. The number of ketones is 2. The second-order valence-electron chi connectivity index (χ2n) is 8.79. The van der Waals surface area contributed by atoms with E-state index in [0.717, 1.165) is 0 Å². The molecule has 29 heavy (non-hydrogen) atoms. The fourth-order valence-electron chi connectivity index (χ4n) is 4.12. The first-order valence-corrected chi connectivity index (χ1v) is 10.4. The van der Waals surface area contributed by atoms with E-state index in [1.54, 1.807) is 0 Å². The van der Waals surface area contributed by atoms with Gasteiger partial charge in [0.2, 0.25) is 0 Å². The van der Waals surface area contributed by atoms with Crippen molar-refractivity contribution in [2.75, 3.05) is 6.61 Å². The normalized spacial score (nSPS) is 23.2. The van der Waals surface area contributed by atoms with Crippen LogP contribution in [0.4, 0.5) is 0 Å². The van der Waals surface area contributed by atoms with Crippen molar-refractivity contribution in [3.8, 4) is 0 Å². The van der Waals surface area contributed by atoms with Crippen molar-refractivity contribution in [3.63, 3.8) is 0 Å². The number of carbonyl (C=O) groups is 2. The van der Waals surface area contributed by atoms with Gasteiger partial charge in [-0.15, -0.1) is 0 Å². The molecule has 1 aromatic rings. The molecule has 0 bridgehead atoms. The lowest BCUT2D eigenvalue weighted by molar-refractivity contribution is -0.115. The van der Waals surface area contributed by atoms with Crippen LogP contribution in [0.15, 0.2) is 20.8 Å². The van der Waals surface area contributed by atoms with Crippen LogP contribution in [-0.4, -0.2) is 45.3 Å². The summed E-state index contributed by atoms with van der Waals surface area (Å²) >= 11 is 0. The molecule has 0 aromatic carbocycles. The number of rotatable bonds is 6. The highest BCUT2D eigenvalue weighted by atomic mass is 16.5. The smallest absolute Gasteiger partial charge is 0.168 e. The van der Waals surface area contributed by atoms with Crippen molar-refractivity contribution < 1.29 is 24.3 Å². The third kappa shape index (κ3) is 4.66. The zero-order valence-electron chi connectivity index (χ0n) is 17.5. The van der Waals surface area contributed by atoms with Gasteiger partial charge in [0.05, 0.1) is 29.5 Å². The largest absolute Gasteiger partial charge is 0.511 e. The monoisotopic (exact) mass is 402 g/mol. The molecule has 1 saturated carbocycles. The molecule has 0 amide bonds. The Hall–Kier alpha value is -2.28. The average molecular weight is 402 g/mol. The van der Waals surface area contributed by atoms with E-state index < -0.39 is 0 Å². The highest BCUT2D eigenvalue weighted by Gasteiger charge is 2.36. The molecule has 0 radical (unpaired) electrons. The van der Waals surface area contributed by atoms with Gasteiger partial charge in [-0.05, 0) is 24.7 Å². The Morgan fingerprint density at radius 1 is 1.24 bits per heavy atom. The third-order valence-electron chi connectivity index (χ3n) is 5.68. The highest BCUT2D eigenvalue weighted by molar-refractivity contribution is 6.24. The Morgan fingerprint density at radius 3 is 2.69 bits per heavy atom. The summed E-state index contributed by atoms with van der Waals surface area (Å²) in [5.41, 5.74) is 1.77. The predicted octanol–water partition coefficient (Wildman–Crippen LogP) is 3.54. The number of carbonyl (C=O) groups excluding carboxylic acids is 2. The fourth-order valence-corrected chi connectivity index (χ4v) is 4.12. The number of hydrogen-bond donors (Lipinski definition) is 2. The van der Waals surface area contributed by atoms with Crippen LogP contribution in [-0.2, 0) is 17.6 Å². The number of aromatic nitrogens is 1. The first-order valence-electron chi connectivity index (χ1n) is 10.4. The summed E-state index contributed by atoms with van der Waals surface area (Å²) in [6.45, 7) is 5.88. The van der Waals surface area contributed by atoms with E-state index in [1.165, 1.54) is 0 Å². The molecule has 0 saturated heterocycles.